The number of hydrogen-bond donors (Lipinski definition) is 3. The predicted molar refractivity (Wildman–Crippen MR) is 133 cm³/mol. The van der Waals surface area contributed by atoms with Gasteiger partial charge in [-0.15, -0.1) is 11.3 Å². The molecule has 7 atom stereocenters. The molecule has 0 saturated carbocycles. The first-order valence-corrected chi connectivity index (χ1v) is 13.2. The number of carbonyl (C=O) groups is 2. The van der Waals surface area contributed by atoms with Crippen molar-refractivity contribution in [2.24, 2.45) is 11.3 Å². The zero-order valence-electron chi connectivity index (χ0n) is 21.3. The van der Waals surface area contributed by atoms with E-state index in [4.69, 9.17) is 9.47 Å². The smallest absolute Gasteiger partial charge is 0.238 e. The molecule has 0 unspecified atom stereocenters. The van der Waals surface area contributed by atoms with E-state index in [2.05, 4.69) is 10.3 Å². The SMILES string of the molecule is Cc1nc2cc([C@@H]3C[C@@H]4O[C@]4(F)CCO[C@@H](C)[C@@H](O)[C@@H](C)C(=O)C(C)(C)[C@@H](O)CC(=O)N3)ccc2s1. The first-order valence-electron chi connectivity index (χ1n) is 12.4. The van der Waals surface area contributed by atoms with Gasteiger partial charge < -0.3 is 25.0 Å². The second-order valence-corrected chi connectivity index (χ2v) is 11.9. The first-order chi connectivity index (χ1) is 16.8. The molecule has 36 heavy (non-hydrogen) atoms. The third kappa shape index (κ3) is 5.47. The number of aliphatic hydroxyl groups excluding tert-OH is 2. The molecule has 0 radical (unpaired) electrons. The minimum Gasteiger partial charge on any atom is -0.392 e. The lowest BCUT2D eigenvalue weighted by Crippen LogP contribution is -2.47. The van der Waals surface area contributed by atoms with Crippen LogP contribution in [-0.4, -0.2) is 63.8 Å². The third-order valence-electron chi connectivity index (χ3n) is 7.55. The summed E-state index contributed by atoms with van der Waals surface area (Å²) in [4.78, 5) is 30.7. The van der Waals surface area contributed by atoms with E-state index in [1.165, 1.54) is 0 Å². The normalized spacial score (nSPS) is 36.3. The Hall–Kier alpha value is -1.98. The Morgan fingerprint density at radius 2 is 1.94 bits per heavy atom. The monoisotopic (exact) mass is 522 g/mol. The number of rotatable bonds is 1. The topological polar surface area (TPSA) is 121 Å². The molecule has 2 aliphatic rings. The summed E-state index contributed by atoms with van der Waals surface area (Å²) in [6.45, 7) is 8.23. The van der Waals surface area contributed by atoms with Gasteiger partial charge in [-0.1, -0.05) is 26.8 Å². The van der Waals surface area contributed by atoms with E-state index in [-0.39, 0.29) is 31.7 Å². The van der Waals surface area contributed by atoms with Crippen LogP contribution in [0.15, 0.2) is 18.2 Å². The van der Waals surface area contributed by atoms with E-state index in [1.54, 1.807) is 39.0 Å². The number of halogens is 1. The van der Waals surface area contributed by atoms with Crippen LogP contribution in [0.4, 0.5) is 4.39 Å². The van der Waals surface area contributed by atoms with Crippen LogP contribution in [0.3, 0.4) is 0 Å². The van der Waals surface area contributed by atoms with Crippen LogP contribution < -0.4 is 5.32 Å². The van der Waals surface area contributed by atoms with Gasteiger partial charge in [0.2, 0.25) is 11.8 Å². The van der Waals surface area contributed by atoms with E-state index in [0.29, 0.717) is 0 Å². The molecule has 0 spiro atoms. The lowest BCUT2D eigenvalue weighted by molar-refractivity contribution is -0.146. The fourth-order valence-corrected chi connectivity index (χ4v) is 5.70. The number of nitrogens with one attached hydrogen (secondary N) is 1. The van der Waals surface area contributed by atoms with Crippen LogP contribution in [0.5, 0.6) is 0 Å². The molecule has 2 aliphatic heterocycles. The molecule has 2 fully saturated rings. The Labute approximate surface area is 214 Å². The highest BCUT2D eigenvalue weighted by Gasteiger charge is 2.58. The zero-order valence-corrected chi connectivity index (χ0v) is 22.1. The summed E-state index contributed by atoms with van der Waals surface area (Å²) in [5, 5.41) is 25.3. The number of ether oxygens (including phenoxy) is 2. The van der Waals surface area contributed by atoms with Crippen molar-refractivity contribution in [1.29, 1.82) is 0 Å². The highest BCUT2D eigenvalue weighted by Crippen LogP contribution is 2.46. The maximum Gasteiger partial charge on any atom is 0.238 e. The zero-order chi connectivity index (χ0) is 26.4. The fraction of sp³-hybridized carbons (Fsp3) is 0.654. The molecule has 198 valence electrons. The maximum atomic E-state index is 15.2. The van der Waals surface area contributed by atoms with Crippen molar-refractivity contribution >= 4 is 33.2 Å². The molecule has 2 saturated heterocycles. The van der Waals surface area contributed by atoms with Gasteiger partial charge in [-0.3, -0.25) is 9.59 Å². The van der Waals surface area contributed by atoms with E-state index >= 15 is 4.39 Å². The van der Waals surface area contributed by atoms with Gasteiger partial charge in [0.25, 0.3) is 0 Å². The highest BCUT2D eigenvalue weighted by atomic mass is 32.1. The molecule has 3 heterocycles. The van der Waals surface area contributed by atoms with E-state index < -0.39 is 53.6 Å². The number of aromatic nitrogens is 1. The van der Waals surface area contributed by atoms with E-state index in [0.717, 1.165) is 20.8 Å². The lowest BCUT2D eigenvalue weighted by atomic mass is 9.74. The van der Waals surface area contributed by atoms with Crippen LogP contribution in [0.1, 0.15) is 63.6 Å². The van der Waals surface area contributed by atoms with E-state index in [9.17, 15) is 19.8 Å². The second-order valence-electron chi connectivity index (χ2n) is 10.6. The molecule has 0 bridgehead atoms. The average molecular weight is 523 g/mol. The van der Waals surface area contributed by atoms with E-state index in [1.807, 2.05) is 25.1 Å². The molecule has 4 rings (SSSR count). The van der Waals surface area contributed by atoms with Crippen molar-refractivity contribution in [3.63, 3.8) is 0 Å². The molecule has 1 amide bonds. The Bertz CT molecular complexity index is 1140. The summed E-state index contributed by atoms with van der Waals surface area (Å²) in [5.74, 6) is -3.60. The lowest BCUT2D eigenvalue weighted by Gasteiger charge is -2.34. The summed E-state index contributed by atoms with van der Waals surface area (Å²) in [5.41, 5.74) is 0.266. The second kappa shape index (κ2) is 10.1. The number of alkyl halides is 1. The van der Waals surface area contributed by atoms with Crippen LogP contribution in [0, 0.1) is 18.3 Å². The van der Waals surface area contributed by atoms with Crippen molar-refractivity contribution < 1.29 is 33.7 Å². The number of hydrogen-bond acceptors (Lipinski definition) is 8. The number of nitrogens with zero attached hydrogens (tertiary/aromatic N) is 1. The largest absolute Gasteiger partial charge is 0.392 e. The number of benzene rings is 1. The minimum absolute atomic E-state index is 0.000753. The summed E-state index contributed by atoms with van der Waals surface area (Å²) in [6, 6.07) is 5.10. The van der Waals surface area contributed by atoms with Crippen LogP contribution >= 0.6 is 11.3 Å². The van der Waals surface area contributed by atoms with Crippen LogP contribution in [0.25, 0.3) is 10.2 Å². The number of thiazole rings is 1. The van der Waals surface area contributed by atoms with Gasteiger partial charge in [-0.2, -0.15) is 0 Å². The third-order valence-corrected chi connectivity index (χ3v) is 8.50. The highest BCUT2D eigenvalue weighted by molar-refractivity contribution is 7.18. The molecule has 3 N–H and O–H groups in total. The average Bonchev–Trinajstić information content (AvgIpc) is 3.28. The number of aliphatic hydroxyl groups is 2. The van der Waals surface area contributed by atoms with Crippen molar-refractivity contribution in [3.8, 4) is 0 Å². The molecule has 0 aliphatic carbocycles. The Morgan fingerprint density at radius 1 is 1.22 bits per heavy atom. The number of Topliss-reactive ketones (excluding diaryl/α,β-unsaturated/α-hetero) is 1. The Balaban J connectivity index is 1.61. The van der Waals surface area contributed by atoms with Gasteiger partial charge in [-0.05, 0) is 31.5 Å². The Morgan fingerprint density at radius 3 is 2.67 bits per heavy atom. The number of amides is 1. The number of aryl methyl sites for hydroxylation is 1. The quantitative estimate of drug-likeness (QED) is 0.491. The molecule has 8 nitrogen and oxygen atoms in total. The summed E-state index contributed by atoms with van der Waals surface area (Å²) in [7, 11) is 0. The summed E-state index contributed by atoms with van der Waals surface area (Å²) < 4.78 is 27.3. The number of ketones is 1. The number of carbonyl (C=O) groups excluding carboxylic acids is 2. The molecule has 10 heteroatoms. The van der Waals surface area contributed by atoms with Gasteiger partial charge in [0.1, 0.15) is 11.9 Å². The standard InChI is InChI=1S/C26H35FN2O6S/c1-13-23(32)14(2)34-9-8-26(27)21(35-26)11-17(16-6-7-19-18(10-16)28-15(3)36-19)29-22(31)12-20(30)25(4,5)24(13)33/h6-7,10,13-14,17,20-21,23,30,32H,8-9,11-12H2,1-5H3,(H,29,31)/t13-,14+,17+,20+,21+,23+,26-/m1/s1. The van der Waals surface area contributed by atoms with Gasteiger partial charge in [0.05, 0.1) is 58.0 Å². The van der Waals surface area contributed by atoms with Crippen molar-refractivity contribution in [2.75, 3.05) is 6.61 Å². The predicted octanol–water partition coefficient (Wildman–Crippen LogP) is 3.37. The molecule has 2 aromatic rings. The molecular formula is C26H35FN2O6S. The number of fused-ring (bicyclic) bond motifs is 2. The maximum absolute atomic E-state index is 15.2. The summed E-state index contributed by atoms with van der Waals surface area (Å²) >= 11 is 1.56. The Kier molecular flexibility index (Phi) is 7.56. The van der Waals surface area contributed by atoms with Gasteiger partial charge in [0.15, 0.2) is 0 Å². The first kappa shape index (κ1) is 27.1. The van der Waals surface area contributed by atoms with Crippen LogP contribution in [-0.2, 0) is 19.1 Å². The van der Waals surface area contributed by atoms with Gasteiger partial charge in [0, 0.05) is 18.8 Å². The van der Waals surface area contributed by atoms with Crippen molar-refractivity contribution in [1.82, 2.24) is 10.3 Å². The minimum atomic E-state index is -1.89. The fourth-order valence-electron chi connectivity index (χ4n) is 4.89. The molecule has 1 aromatic heterocycles. The number of epoxide rings is 1. The van der Waals surface area contributed by atoms with Crippen LogP contribution in [0.2, 0.25) is 0 Å². The van der Waals surface area contributed by atoms with Gasteiger partial charge in [-0.25, -0.2) is 9.37 Å². The van der Waals surface area contributed by atoms with Crippen molar-refractivity contribution in [2.45, 2.75) is 90.2 Å². The van der Waals surface area contributed by atoms with Gasteiger partial charge >= 0.3 is 0 Å². The molecule has 1 aromatic carbocycles. The molecular weight excluding hydrogens is 487 g/mol. The van der Waals surface area contributed by atoms with Crippen molar-refractivity contribution in [3.05, 3.63) is 28.8 Å². The summed E-state index contributed by atoms with van der Waals surface area (Å²) in [6.07, 6.45) is -4.08.